The van der Waals surface area contributed by atoms with Gasteiger partial charge in [0, 0.05) is 11.3 Å². The second-order valence-corrected chi connectivity index (χ2v) is 3.96. The normalized spacial score (nSPS) is 10.3. The lowest BCUT2D eigenvalue weighted by Crippen LogP contribution is -2.02. The fourth-order valence-corrected chi connectivity index (χ4v) is 1.76. The third-order valence-electron chi connectivity index (χ3n) is 2.60. The van der Waals surface area contributed by atoms with Crippen molar-refractivity contribution in [2.75, 3.05) is 12.3 Å². The van der Waals surface area contributed by atoms with E-state index in [1.807, 2.05) is 19.1 Å². The van der Waals surface area contributed by atoms with Crippen LogP contribution in [-0.4, -0.2) is 12.6 Å². The number of aryl methyl sites for hydroxylation is 1. The van der Waals surface area contributed by atoms with Crippen molar-refractivity contribution >= 4 is 11.7 Å². The molecule has 0 bridgehead atoms. The number of ether oxygens (including phenoxy) is 1. The lowest BCUT2D eigenvalue weighted by atomic mass is 10.1. The molecule has 0 atom stereocenters. The van der Waals surface area contributed by atoms with Crippen molar-refractivity contribution in [3.05, 3.63) is 41.7 Å². The number of furan rings is 1. The van der Waals surface area contributed by atoms with Crippen LogP contribution >= 0.6 is 0 Å². The molecule has 0 saturated carbocycles. The Morgan fingerprint density at radius 2 is 2.11 bits per heavy atom. The first-order valence-electron chi connectivity index (χ1n) is 5.75. The first-order valence-corrected chi connectivity index (χ1v) is 5.75. The predicted octanol–water partition coefficient (Wildman–Crippen LogP) is 3.01. The van der Waals surface area contributed by atoms with E-state index in [-0.39, 0.29) is 5.76 Å². The van der Waals surface area contributed by atoms with Crippen molar-refractivity contribution in [3.63, 3.8) is 0 Å². The van der Waals surface area contributed by atoms with E-state index >= 15 is 0 Å². The fourth-order valence-electron chi connectivity index (χ4n) is 1.76. The molecule has 0 radical (unpaired) electrons. The summed E-state index contributed by atoms with van der Waals surface area (Å²) in [5, 5.41) is 0. The number of hydrogen-bond donors (Lipinski definition) is 1. The van der Waals surface area contributed by atoms with E-state index < -0.39 is 5.97 Å². The molecule has 1 heterocycles. The third-order valence-corrected chi connectivity index (χ3v) is 2.60. The van der Waals surface area contributed by atoms with Crippen molar-refractivity contribution in [2.24, 2.45) is 0 Å². The summed E-state index contributed by atoms with van der Waals surface area (Å²) in [5.74, 6) is 0.399. The molecule has 0 saturated heterocycles. The van der Waals surface area contributed by atoms with E-state index in [1.165, 1.54) is 0 Å². The highest BCUT2D eigenvalue weighted by Crippen LogP contribution is 2.27. The number of hydrogen-bond acceptors (Lipinski definition) is 4. The van der Waals surface area contributed by atoms with Crippen LogP contribution in [0, 0.1) is 6.92 Å². The molecule has 94 valence electrons. The summed E-state index contributed by atoms with van der Waals surface area (Å²) >= 11 is 0. The number of anilines is 1. The molecule has 2 N–H and O–H groups in total. The number of rotatable bonds is 3. The van der Waals surface area contributed by atoms with Crippen LogP contribution < -0.4 is 5.73 Å². The number of esters is 1. The lowest BCUT2D eigenvalue weighted by molar-refractivity contribution is 0.0491. The van der Waals surface area contributed by atoms with Crippen LogP contribution in [0.1, 0.15) is 23.0 Å². The van der Waals surface area contributed by atoms with Gasteiger partial charge >= 0.3 is 5.97 Å². The van der Waals surface area contributed by atoms with Gasteiger partial charge in [-0.15, -0.1) is 0 Å². The van der Waals surface area contributed by atoms with Crippen molar-refractivity contribution in [3.8, 4) is 11.3 Å². The summed E-state index contributed by atoms with van der Waals surface area (Å²) in [6.45, 7) is 4.03. The molecule has 0 unspecified atom stereocenters. The van der Waals surface area contributed by atoms with E-state index in [0.29, 0.717) is 18.1 Å². The van der Waals surface area contributed by atoms with Gasteiger partial charge in [-0.2, -0.15) is 0 Å². The fraction of sp³-hybridized carbons (Fsp3) is 0.214. The molecular formula is C14H15NO3. The Labute approximate surface area is 105 Å². The van der Waals surface area contributed by atoms with Crippen LogP contribution in [0.5, 0.6) is 0 Å². The lowest BCUT2D eigenvalue weighted by Gasteiger charge is -2.03. The smallest absolute Gasteiger partial charge is 0.374 e. The molecule has 18 heavy (non-hydrogen) atoms. The molecule has 4 nitrogen and oxygen atoms in total. The van der Waals surface area contributed by atoms with E-state index in [0.717, 1.165) is 11.1 Å². The first kappa shape index (κ1) is 12.2. The van der Waals surface area contributed by atoms with Crippen molar-refractivity contribution in [1.29, 1.82) is 0 Å². The maximum Gasteiger partial charge on any atom is 0.374 e. The second kappa shape index (κ2) is 4.96. The molecule has 2 aromatic rings. The van der Waals surface area contributed by atoms with E-state index in [2.05, 4.69) is 0 Å². The summed E-state index contributed by atoms with van der Waals surface area (Å²) in [7, 11) is 0. The number of carbonyl (C=O) groups excluding carboxylic acids is 1. The zero-order chi connectivity index (χ0) is 13.1. The van der Waals surface area contributed by atoms with Crippen molar-refractivity contribution in [2.45, 2.75) is 13.8 Å². The van der Waals surface area contributed by atoms with E-state index in [4.69, 9.17) is 14.9 Å². The molecule has 0 fully saturated rings. The van der Waals surface area contributed by atoms with Crippen molar-refractivity contribution in [1.82, 2.24) is 0 Å². The van der Waals surface area contributed by atoms with Gasteiger partial charge in [-0.05, 0) is 49.7 Å². The van der Waals surface area contributed by atoms with Gasteiger partial charge in [0.1, 0.15) is 5.76 Å². The number of carbonyl (C=O) groups is 1. The molecule has 1 aromatic heterocycles. The molecule has 1 aromatic carbocycles. The SMILES string of the molecule is CCOC(=O)c1ccc(-c2ccc(N)cc2C)o1. The molecule has 0 spiro atoms. The second-order valence-electron chi connectivity index (χ2n) is 3.96. The van der Waals surface area contributed by atoms with Crippen LogP contribution in [0.4, 0.5) is 5.69 Å². The summed E-state index contributed by atoms with van der Waals surface area (Å²) in [4.78, 5) is 11.5. The molecule has 0 aliphatic carbocycles. The number of nitrogen functional groups attached to an aromatic ring is 1. The van der Waals surface area contributed by atoms with Crippen LogP contribution in [-0.2, 0) is 4.74 Å². The number of benzene rings is 1. The Hall–Kier alpha value is -2.23. The molecule has 0 aliphatic heterocycles. The summed E-state index contributed by atoms with van der Waals surface area (Å²) in [6.07, 6.45) is 0. The first-order chi connectivity index (χ1) is 8.61. The summed E-state index contributed by atoms with van der Waals surface area (Å²) < 4.78 is 10.4. The van der Waals surface area contributed by atoms with Crippen molar-refractivity contribution < 1.29 is 13.9 Å². The van der Waals surface area contributed by atoms with Crippen LogP contribution in [0.25, 0.3) is 11.3 Å². The molecule has 2 rings (SSSR count). The standard InChI is InChI=1S/C14H15NO3/c1-3-17-14(16)13-7-6-12(18-13)11-5-4-10(15)8-9(11)2/h4-8H,3,15H2,1-2H3. The van der Waals surface area contributed by atoms with Crippen LogP contribution in [0.3, 0.4) is 0 Å². The number of nitrogens with two attached hydrogens (primary N) is 1. The monoisotopic (exact) mass is 245 g/mol. The minimum atomic E-state index is -0.447. The molecule has 0 aliphatic rings. The van der Waals surface area contributed by atoms with E-state index in [9.17, 15) is 4.79 Å². The van der Waals surface area contributed by atoms with Gasteiger partial charge in [-0.1, -0.05) is 0 Å². The van der Waals surface area contributed by atoms with Crippen LogP contribution in [0.2, 0.25) is 0 Å². The summed E-state index contributed by atoms with van der Waals surface area (Å²) in [5.41, 5.74) is 8.31. The predicted molar refractivity (Wildman–Crippen MR) is 69.2 cm³/mol. The quantitative estimate of drug-likeness (QED) is 0.666. The van der Waals surface area contributed by atoms with Gasteiger partial charge in [0.2, 0.25) is 5.76 Å². The Morgan fingerprint density at radius 1 is 1.33 bits per heavy atom. The summed E-state index contributed by atoms with van der Waals surface area (Å²) in [6, 6.07) is 8.91. The minimum absolute atomic E-state index is 0.211. The Bertz CT molecular complexity index is 572. The molecule has 0 amide bonds. The maximum atomic E-state index is 11.5. The average Bonchev–Trinajstić information content (AvgIpc) is 2.78. The third kappa shape index (κ3) is 2.37. The highest BCUT2D eigenvalue weighted by molar-refractivity contribution is 5.87. The Kier molecular flexibility index (Phi) is 3.37. The highest BCUT2D eigenvalue weighted by atomic mass is 16.5. The topological polar surface area (TPSA) is 65.5 Å². The minimum Gasteiger partial charge on any atom is -0.460 e. The van der Waals surface area contributed by atoms with Crippen LogP contribution in [0.15, 0.2) is 34.7 Å². The largest absolute Gasteiger partial charge is 0.460 e. The Morgan fingerprint density at radius 3 is 2.78 bits per heavy atom. The van der Waals surface area contributed by atoms with Gasteiger partial charge in [0.05, 0.1) is 6.61 Å². The highest BCUT2D eigenvalue weighted by Gasteiger charge is 2.13. The molecular weight excluding hydrogens is 230 g/mol. The Balaban J connectivity index is 2.32. The van der Waals surface area contributed by atoms with Gasteiger partial charge < -0.3 is 14.9 Å². The van der Waals surface area contributed by atoms with Gasteiger partial charge in [-0.25, -0.2) is 4.79 Å². The maximum absolute atomic E-state index is 11.5. The molecule has 4 heteroatoms. The van der Waals surface area contributed by atoms with Gasteiger partial charge in [0.25, 0.3) is 0 Å². The van der Waals surface area contributed by atoms with E-state index in [1.54, 1.807) is 25.1 Å². The van der Waals surface area contributed by atoms with Gasteiger partial charge in [-0.3, -0.25) is 0 Å². The zero-order valence-corrected chi connectivity index (χ0v) is 10.4. The average molecular weight is 245 g/mol. The van der Waals surface area contributed by atoms with Gasteiger partial charge in [0.15, 0.2) is 0 Å². The zero-order valence-electron chi connectivity index (χ0n) is 10.4.